The fourth-order valence-electron chi connectivity index (χ4n) is 1.62. The van der Waals surface area contributed by atoms with Gasteiger partial charge in [0, 0.05) is 37.0 Å². The first-order chi connectivity index (χ1) is 10.1. The minimum atomic E-state index is -0.494. The number of amides is 1. The third-order valence-corrected chi connectivity index (χ3v) is 2.69. The highest BCUT2D eigenvalue weighted by atomic mass is 16.6. The number of ether oxygens (including phenoxy) is 1. The van der Waals surface area contributed by atoms with Crippen molar-refractivity contribution >= 4 is 11.6 Å². The average molecular weight is 290 g/mol. The minimum absolute atomic E-state index is 0.0219. The molecule has 0 saturated carbocycles. The van der Waals surface area contributed by atoms with Gasteiger partial charge in [0.15, 0.2) is 6.61 Å². The van der Waals surface area contributed by atoms with Gasteiger partial charge in [-0.25, -0.2) is 4.98 Å². The van der Waals surface area contributed by atoms with Crippen LogP contribution in [-0.4, -0.2) is 34.0 Å². The highest BCUT2D eigenvalue weighted by Crippen LogP contribution is 2.16. The number of carbonyl (C=O) groups excluding carboxylic acids is 1. The summed E-state index contributed by atoms with van der Waals surface area (Å²) in [5, 5.41) is 13.2. The van der Waals surface area contributed by atoms with Crippen molar-refractivity contribution in [2.75, 3.05) is 13.2 Å². The molecule has 0 atom stereocenters. The predicted molar refractivity (Wildman–Crippen MR) is 73.9 cm³/mol. The molecule has 110 valence electrons. The molecule has 0 aliphatic rings. The van der Waals surface area contributed by atoms with E-state index in [9.17, 15) is 14.9 Å². The Kier molecular flexibility index (Phi) is 4.86. The van der Waals surface area contributed by atoms with E-state index in [-0.39, 0.29) is 18.2 Å². The zero-order chi connectivity index (χ0) is 15.1. The van der Waals surface area contributed by atoms with Gasteiger partial charge in [-0.05, 0) is 12.1 Å². The molecule has 0 aliphatic carbocycles. The molecule has 1 amide bonds. The fraction of sp³-hybridized carbons (Fsp3) is 0.231. The second-order valence-corrected chi connectivity index (χ2v) is 4.22. The maximum Gasteiger partial charge on any atom is 0.269 e. The van der Waals surface area contributed by atoms with Crippen LogP contribution in [-0.2, 0) is 11.2 Å². The summed E-state index contributed by atoms with van der Waals surface area (Å²) >= 11 is 0. The summed E-state index contributed by atoms with van der Waals surface area (Å²) in [5.41, 5.74) is 0.915. The molecule has 2 N–H and O–H groups in total. The van der Waals surface area contributed by atoms with E-state index in [1.807, 2.05) is 0 Å². The molecule has 21 heavy (non-hydrogen) atoms. The molecule has 0 unspecified atom stereocenters. The summed E-state index contributed by atoms with van der Waals surface area (Å²) in [5.74, 6) is 0.150. The van der Waals surface area contributed by atoms with E-state index in [0.717, 1.165) is 5.69 Å². The molecule has 0 saturated heterocycles. The van der Waals surface area contributed by atoms with E-state index in [1.54, 1.807) is 12.5 Å². The summed E-state index contributed by atoms with van der Waals surface area (Å²) in [4.78, 5) is 28.4. The highest BCUT2D eigenvalue weighted by molar-refractivity contribution is 5.77. The molecule has 1 heterocycles. The van der Waals surface area contributed by atoms with Crippen molar-refractivity contribution in [3.63, 3.8) is 0 Å². The average Bonchev–Trinajstić information content (AvgIpc) is 2.99. The lowest BCUT2D eigenvalue weighted by Crippen LogP contribution is -2.30. The number of imidazole rings is 1. The van der Waals surface area contributed by atoms with E-state index in [2.05, 4.69) is 15.3 Å². The van der Waals surface area contributed by atoms with E-state index in [4.69, 9.17) is 4.74 Å². The van der Waals surface area contributed by atoms with Crippen molar-refractivity contribution < 1.29 is 14.5 Å². The molecule has 1 aromatic carbocycles. The van der Waals surface area contributed by atoms with Crippen LogP contribution in [0.25, 0.3) is 0 Å². The zero-order valence-corrected chi connectivity index (χ0v) is 11.1. The summed E-state index contributed by atoms with van der Waals surface area (Å²) < 4.78 is 5.24. The second kappa shape index (κ2) is 7.04. The van der Waals surface area contributed by atoms with Crippen molar-refractivity contribution in [2.24, 2.45) is 0 Å². The van der Waals surface area contributed by atoms with Crippen LogP contribution in [0.2, 0.25) is 0 Å². The fourth-order valence-corrected chi connectivity index (χ4v) is 1.62. The Morgan fingerprint density at radius 3 is 2.76 bits per heavy atom. The largest absolute Gasteiger partial charge is 0.484 e. The van der Waals surface area contributed by atoms with Gasteiger partial charge in [-0.2, -0.15) is 0 Å². The predicted octanol–water partition coefficient (Wildman–Crippen LogP) is 1.06. The van der Waals surface area contributed by atoms with E-state index >= 15 is 0 Å². The first-order valence-electron chi connectivity index (χ1n) is 6.26. The molecule has 1 aromatic heterocycles. The summed E-state index contributed by atoms with van der Waals surface area (Å²) in [6, 6.07) is 5.56. The van der Waals surface area contributed by atoms with Crippen LogP contribution >= 0.6 is 0 Å². The maximum atomic E-state index is 11.5. The van der Waals surface area contributed by atoms with Gasteiger partial charge in [-0.1, -0.05) is 0 Å². The molecule has 8 heteroatoms. The van der Waals surface area contributed by atoms with Gasteiger partial charge in [0.25, 0.3) is 11.6 Å². The molecule has 0 bridgehead atoms. The van der Waals surface area contributed by atoms with Gasteiger partial charge in [0.2, 0.25) is 0 Å². The Balaban J connectivity index is 1.69. The van der Waals surface area contributed by atoms with Gasteiger partial charge in [-0.3, -0.25) is 14.9 Å². The molecule has 0 spiro atoms. The number of aromatic amines is 1. The van der Waals surface area contributed by atoms with Crippen molar-refractivity contribution in [2.45, 2.75) is 6.42 Å². The molecule has 8 nitrogen and oxygen atoms in total. The van der Waals surface area contributed by atoms with Crippen molar-refractivity contribution in [1.82, 2.24) is 15.3 Å². The van der Waals surface area contributed by atoms with Gasteiger partial charge in [0.1, 0.15) is 5.75 Å². The number of nitrogens with zero attached hydrogens (tertiary/aromatic N) is 2. The first-order valence-corrected chi connectivity index (χ1v) is 6.26. The number of benzene rings is 1. The monoisotopic (exact) mass is 290 g/mol. The Morgan fingerprint density at radius 2 is 2.14 bits per heavy atom. The van der Waals surface area contributed by atoms with E-state index in [0.29, 0.717) is 18.7 Å². The number of hydrogen-bond donors (Lipinski definition) is 2. The number of nitrogens with one attached hydrogen (secondary N) is 2. The van der Waals surface area contributed by atoms with Gasteiger partial charge in [0.05, 0.1) is 11.3 Å². The summed E-state index contributed by atoms with van der Waals surface area (Å²) in [6.45, 7) is 0.339. The SMILES string of the molecule is O=C(COc1ccc([N+](=O)[O-])cc1)NCCc1cnc[nH]1. The van der Waals surface area contributed by atoms with Crippen LogP contribution in [0, 0.1) is 10.1 Å². The summed E-state index contributed by atoms with van der Waals surface area (Å²) in [7, 11) is 0. The lowest BCUT2D eigenvalue weighted by Gasteiger charge is -2.06. The number of nitro benzene ring substituents is 1. The van der Waals surface area contributed by atoms with Crippen LogP contribution in [0.4, 0.5) is 5.69 Å². The Morgan fingerprint density at radius 1 is 1.38 bits per heavy atom. The number of rotatable bonds is 7. The first kappa shape index (κ1) is 14.5. The van der Waals surface area contributed by atoms with E-state index < -0.39 is 4.92 Å². The molecular weight excluding hydrogens is 276 g/mol. The number of aromatic nitrogens is 2. The normalized spacial score (nSPS) is 10.1. The van der Waals surface area contributed by atoms with Crippen LogP contribution in [0.5, 0.6) is 5.75 Å². The standard InChI is InChI=1S/C13H14N4O4/c18-13(15-6-5-10-7-14-9-16-10)8-21-12-3-1-11(2-4-12)17(19)20/h1-4,7,9H,5-6,8H2,(H,14,16)(H,15,18). The lowest BCUT2D eigenvalue weighted by atomic mass is 10.3. The molecule has 2 aromatic rings. The Bertz CT molecular complexity index is 595. The van der Waals surface area contributed by atoms with Gasteiger partial charge in [-0.15, -0.1) is 0 Å². The van der Waals surface area contributed by atoms with Crippen LogP contribution in [0.15, 0.2) is 36.8 Å². The lowest BCUT2D eigenvalue weighted by molar-refractivity contribution is -0.384. The van der Waals surface area contributed by atoms with Crippen LogP contribution in [0.1, 0.15) is 5.69 Å². The number of hydrogen-bond acceptors (Lipinski definition) is 5. The molecule has 0 aliphatic heterocycles. The highest BCUT2D eigenvalue weighted by Gasteiger charge is 2.06. The smallest absolute Gasteiger partial charge is 0.269 e. The van der Waals surface area contributed by atoms with Crippen LogP contribution < -0.4 is 10.1 Å². The number of nitro groups is 1. The third kappa shape index (κ3) is 4.60. The minimum Gasteiger partial charge on any atom is -0.484 e. The van der Waals surface area contributed by atoms with E-state index in [1.165, 1.54) is 24.3 Å². The maximum absolute atomic E-state index is 11.5. The topological polar surface area (TPSA) is 110 Å². The zero-order valence-electron chi connectivity index (χ0n) is 11.1. The van der Waals surface area contributed by atoms with Crippen LogP contribution in [0.3, 0.4) is 0 Å². The molecule has 0 fully saturated rings. The molecule has 2 rings (SSSR count). The van der Waals surface area contributed by atoms with Gasteiger partial charge < -0.3 is 15.0 Å². The third-order valence-electron chi connectivity index (χ3n) is 2.69. The molecule has 0 radical (unpaired) electrons. The van der Waals surface area contributed by atoms with Crippen molar-refractivity contribution in [1.29, 1.82) is 0 Å². The van der Waals surface area contributed by atoms with Crippen molar-refractivity contribution in [3.8, 4) is 5.75 Å². The molecular formula is C13H14N4O4. The quantitative estimate of drug-likeness (QED) is 0.585. The second-order valence-electron chi connectivity index (χ2n) is 4.22. The van der Waals surface area contributed by atoms with Crippen molar-refractivity contribution in [3.05, 3.63) is 52.6 Å². The summed E-state index contributed by atoms with van der Waals surface area (Å²) in [6.07, 6.45) is 3.93. The number of non-ortho nitro benzene ring substituents is 1. The Hall–Kier alpha value is -2.90. The number of carbonyl (C=O) groups is 1. The van der Waals surface area contributed by atoms with Gasteiger partial charge >= 0.3 is 0 Å². The number of H-pyrrole nitrogens is 1. The Labute approximate surface area is 120 Å².